The Bertz CT molecular complexity index is 1340. The smallest absolute Gasteiger partial charge is 0.197 e. The molecule has 3 nitrogen and oxygen atoms in total. The van der Waals surface area contributed by atoms with Gasteiger partial charge in [-0.05, 0) is 35.9 Å². The lowest BCUT2D eigenvalue weighted by molar-refractivity contribution is 0.104. The predicted octanol–water partition coefficient (Wildman–Crippen LogP) is 6.26. The molecule has 0 bridgehead atoms. The second-order valence-electron chi connectivity index (χ2n) is 7.02. The minimum Gasteiger partial charge on any atom is -0.354 e. The van der Waals surface area contributed by atoms with Crippen LogP contribution in [0.2, 0.25) is 0 Å². The molecule has 0 saturated heterocycles. The van der Waals surface area contributed by atoms with Gasteiger partial charge in [0, 0.05) is 27.4 Å². The van der Waals surface area contributed by atoms with Gasteiger partial charge in [0.2, 0.25) is 0 Å². The normalized spacial score (nSPS) is 10.7. The molecule has 0 spiro atoms. The highest BCUT2D eigenvalue weighted by Crippen LogP contribution is 2.13. The van der Waals surface area contributed by atoms with E-state index in [1.807, 2.05) is 115 Å². The van der Waals surface area contributed by atoms with Crippen molar-refractivity contribution in [2.24, 2.45) is 0 Å². The van der Waals surface area contributed by atoms with E-state index in [0.29, 0.717) is 0 Å². The molecule has 4 aromatic carbocycles. The zero-order valence-electron chi connectivity index (χ0n) is 16.9. The standard InChI is InChI=1S/C15H12O.C13H9NO/c16-15(14-9-5-2-6-10-14)12-11-13-7-3-1-4-8-13;15-13-9-5-1-3-7-11(9)14-12-8-4-2-6-10(12)13/h1-12H;1-8H,(H,14,15). The Hall–Kier alpha value is -4.24. The van der Waals surface area contributed by atoms with Gasteiger partial charge in [-0.25, -0.2) is 0 Å². The summed E-state index contributed by atoms with van der Waals surface area (Å²) in [6, 6.07) is 34.2. The molecule has 0 atom stereocenters. The average molecular weight is 403 g/mol. The topological polar surface area (TPSA) is 49.9 Å². The molecule has 0 fully saturated rings. The van der Waals surface area contributed by atoms with Crippen molar-refractivity contribution in [3.8, 4) is 0 Å². The lowest BCUT2D eigenvalue weighted by Gasteiger charge is -2.01. The van der Waals surface area contributed by atoms with Crippen LogP contribution >= 0.6 is 0 Å². The molecule has 0 amide bonds. The van der Waals surface area contributed by atoms with E-state index in [9.17, 15) is 9.59 Å². The molecule has 0 aliphatic carbocycles. The molecule has 1 heterocycles. The first-order valence-electron chi connectivity index (χ1n) is 10.0. The summed E-state index contributed by atoms with van der Waals surface area (Å²) in [5, 5.41) is 1.49. The van der Waals surface area contributed by atoms with Crippen molar-refractivity contribution in [3.05, 3.63) is 137 Å². The first-order valence-corrected chi connectivity index (χ1v) is 10.0. The van der Waals surface area contributed by atoms with Gasteiger partial charge in [0.25, 0.3) is 0 Å². The molecule has 5 aromatic rings. The number of carbonyl (C=O) groups is 1. The number of rotatable bonds is 3. The molecule has 5 rings (SSSR count). The van der Waals surface area contributed by atoms with Crippen molar-refractivity contribution in [3.63, 3.8) is 0 Å². The first kappa shape index (κ1) is 20.0. The van der Waals surface area contributed by atoms with E-state index in [1.54, 1.807) is 6.08 Å². The average Bonchev–Trinajstić information content (AvgIpc) is 2.84. The van der Waals surface area contributed by atoms with E-state index in [2.05, 4.69) is 4.98 Å². The summed E-state index contributed by atoms with van der Waals surface area (Å²) >= 11 is 0. The number of para-hydroxylation sites is 2. The van der Waals surface area contributed by atoms with Gasteiger partial charge in [-0.1, -0.05) is 91.0 Å². The summed E-state index contributed by atoms with van der Waals surface area (Å²) in [6.45, 7) is 0. The molecule has 3 heteroatoms. The number of aromatic amines is 1. The number of benzene rings is 4. The molecule has 0 radical (unpaired) electrons. The highest BCUT2D eigenvalue weighted by atomic mass is 16.1. The lowest BCUT2D eigenvalue weighted by Crippen LogP contribution is -2.03. The number of pyridine rings is 1. The number of carbonyl (C=O) groups excluding carboxylic acids is 1. The number of hydrogen-bond donors (Lipinski definition) is 1. The third kappa shape index (κ3) is 4.85. The maximum absolute atomic E-state index is 12.1. The highest BCUT2D eigenvalue weighted by molar-refractivity contribution is 6.06. The number of fused-ring (bicyclic) bond motifs is 2. The number of nitrogens with one attached hydrogen (secondary N) is 1. The maximum Gasteiger partial charge on any atom is 0.197 e. The zero-order valence-corrected chi connectivity index (χ0v) is 16.9. The quantitative estimate of drug-likeness (QED) is 0.219. The van der Waals surface area contributed by atoms with Crippen molar-refractivity contribution in [1.82, 2.24) is 4.98 Å². The summed E-state index contributed by atoms with van der Waals surface area (Å²) in [5.74, 6) is 0.0319. The third-order valence-electron chi connectivity index (χ3n) is 4.90. The summed E-state index contributed by atoms with van der Waals surface area (Å²) in [6.07, 6.45) is 3.43. The highest BCUT2D eigenvalue weighted by Gasteiger charge is 2.02. The lowest BCUT2D eigenvalue weighted by atomic mass is 10.1. The predicted molar refractivity (Wildman–Crippen MR) is 128 cm³/mol. The van der Waals surface area contributed by atoms with Crippen molar-refractivity contribution in [2.45, 2.75) is 0 Å². The van der Waals surface area contributed by atoms with Crippen LogP contribution in [-0.2, 0) is 0 Å². The van der Waals surface area contributed by atoms with Crippen LogP contribution in [0.3, 0.4) is 0 Å². The van der Waals surface area contributed by atoms with Crippen LogP contribution in [-0.4, -0.2) is 10.8 Å². The molecule has 0 aliphatic rings. The van der Waals surface area contributed by atoms with E-state index in [1.165, 1.54) is 0 Å². The van der Waals surface area contributed by atoms with Gasteiger partial charge in [0.05, 0.1) is 0 Å². The Morgan fingerprint density at radius 3 is 1.68 bits per heavy atom. The van der Waals surface area contributed by atoms with Gasteiger partial charge in [0.15, 0.2) is 11.2 Å². The van der Waals surface area contributed by atoms with Crippen LogP contribution in [0.1, 0.15) is 15.9 Å². The van der Waals surface area contributed by atoms with Crippen LogP contribution < -0.4 is 5.43 Å². The number of ketones is 1. The van der Waals surface area contributed by atoms with Crippen molar-refractivity contribution in [2.75, 3.05) is 0 Å². The zero-order chi connectivity index (χ0) is 21.5. The monoisotopic (exact) mass is 403 g/mol. The number of hydrogen-bond acceptors (Lipinski definition) is 2. The Kier molecular flexibility index (Phi) is 6.15. The van der Waals surface area contributed by atoms with E-state index >= 15 is 0 Å². The Morgan fingerprint density at radius 2 is 1.10 bits per heavy atom. The van der Waals surface area contributed by atoms with Crippen molar-refractivity contribution < 1.29 is 4.79 Å². The molecule has 0 saturated carbocycles. The fourth-order valence-electron chi connectivity index (χ4n) is 3.31. The van der Waals surface area contributed by atoms with Gasteiger partial charge in [-0.3, -0.25) is 9.59 Å². The van der Waals surface area contributed by atoms with Crippen molar-refractivity contribution in [1.29, 1.82) is 0 Å². The fourth-order valence-corrected chi connectivity index (χ4v) is 3.31. The van der Waals surface area contributed by atoms with Gasteiger partial charge >= 0.3 is 0 Å². The van der Waals surface area contributed by atoms with Crippen LogP contribution in [0.25, 0.3) is 27.9 Å². The largest absolute Gasteiger partial charge is 0.354 e. The second kappa shape index (κ2) is 9.51. The number of aromatic nitrogens is 1. The van der Waals surface area contributed by atoms with Crippen LogP contribution in [0.5, 0.6) is 0 Å². The molecular weight excluding hydrogens is 382 g/mol. The Balaban J connectivity index is 0.000000149. The number of H-pyrrole nitrogens is 1. The summed E-state index contributed by atoms with van der Waals surface area (Å²) < 4.78 is 0. The maximum atomic E-state index is 12.1. The molecule has 0 unspecified atom stereocenters. The van der Waals surface area contributed by atoms with Gasteiger partial charge in [-0.15, -0.1) is 0 Å². The minimum atomic E-state index is 0.0319. The molecule has 1 N–H and O–H groups in total. The second-order valence-corrected chi connectivity index (χ2v) is 7.02. The van der Waals surface area contributed by atoms with E-state index in [-0.39, 0.29) is 11.2 Å². The minimum absolute atomic E-state index is 0.0319. The SMILES string of the molecule is O=C(C=Cc1ccccc1)c1ccccc1.O=c1c2ccccc2[nH]c2ccccc12. The molecule has 1 aromatic heterocycles. The Labute approximate surface area is 180 Å². The molecule has 0 aliphatic heterocycles. The molecular formula is C28H21NO2. The van der Waals surface area contributed by atoms with E-state index in [0.717, 1.165) is 32.9 Å². The van der Waals surface area contributed by atoms with Crippen LogP contribution in [0.15, 0.2) is 120 Å². The van der Waals surface area contributed by atoms with Gasteiger partial charge in [-0.2, -0.15) is 0 Å². The fraction of sp³-hybridized carbons (Fsp3) is 0. The summed E-state index contributed by atoms with van der Waals surface area (Å²) in [5.41, 5.74) is 3.63. The summed E-state index contributed by atoms with van der Waals surface area (Å²) in [7, 11) is 0. The van der Waals surface area contributed by atoms with Gasteiger partial charge < -0.3 is 4.98 Å². The first-order chi connectivity index (χ1) is 15.2. The van der Waals surface area contributed by atoms with Crippen LogP contribution in [0, 0.1) is 0 Å². The van der Waals surface area contributed by atoms with Gasteiger partial charge in [0.1, 0.15) is 0 Å². The summed E-state index contributed by atoms with van der Waals surface area (Å²) in [4.78, 5) is 27.0. The third-order valence-corrected chi connectivity index (χ3v) is 4.90. The van der Waals surface area contributed by atoms with Crippen molar-refractivity contribution >= 4 is 33.7 Å². The van der Waals surface area contributed by atoms with E-state index in [4.69, 9.17) is 0 Å². The Morgan fingerprint density at radius 1 is 0.613 bits per heavy atom. The van der Waals surface area contributed by atoms with Crippen LogP contribution in [0.4, 0.5) is 0 Å². The molecule has 150 valence electrons. The molecule has 31 heavy (non-hydrogen) atoms. The van der Waals surface area contributed by atoms with E-state index < -0.39 is 0 Å². The number of allylic oxidation sites excluding steroid dienone is 1.